The van der Waals surface area contributed by atoms with Gasteiger partial charge in [-0.05, 0) is 37.6 Å². The van der Waals surface area contributed by atoms with Gasteiger partial charge < -0.3 is 19.7 Å². The number of carbonyl (C=O) groups is 1. The van der Waals surface area contributed by atoms with E-state index in [0.717, 1.165) is 49.5 Å². The summed E-state index contributed by atoms with van der Waals surface area (Å²) in [6.07, 6.45) is 1.87. The molecule has 1 aliphatic heterocycles. The summed E-state index contributed by atoms with van der Waals surface area (Å²) in [6, 6.07) is 14.5. The highest BCUT2D eigenvalue weighted by atomic mass is 16.5. The number of amides is 1. The maximum atomic E-state index is 12.5. The Kier molecular flexibility index (Phi) is 7.53. The van der Waals surface area contributed by atoms with Crippen LogP contribution in [0.4, 0.5) is 0 Å². The van der Waals surface area contributed by atoms with Gasteiger partial charge in [0.2, 0.25) is 5.91 Å². The summed E-state index contributed by atoms with van der Waals surface area (Å²) in [5.41, 5.74) is 3.62. The molecule has 0 spiro atoms. The van der Waals surface area contributed by atoms with Gasteiger partial charge in [-0.2, -0.15) is 0 Å². The number of ether oxygens (including phenoxy) is 2. The normalized spacial score (nSPS) is 18.9. The third-order valence-corrected chi connectivity index (χ3v) is 5.63. The van der Waals surface area contributed by atoms with Crippen LogP contribution in [0.25, 0.3) is 0 Å². The Bertz CT molecular complexity index is 796. The van der Waals surface area contributed by atoms with E-state index in [1.54, 1.807) is 7.11 Å². The SMILES string of the molecule is CCOc1ccc(C[NH+]2CCC(C(=O)NCc3ccc(C)cc3)CC2)cc1OC. The summed E-state index contributed by atoms with van der Waals surface area (Å²) in [4.78, 5) is 14.0. The maximum Gasteiger partial charge on any atom is 0.223 e. The number of piperidine rings is 1. The standard InChI is InChI=1S/C24H32N2O3/c1-4-29-22-10-9-20(15-23(22)28-3)17-26-13-11-21(12-14-26)24(27)25-16-19-7-5-18(2)6-8-19/h5-10,15,21H,4,11-14,16-17H2,1-3H3,(H,25,27)/p+1. The van der Waals surface area contributed by atoms with Crippen LogP contribution in [-0.4, -0.2) is 32.7 Å². The molecule has 1 heterocycles. The number of hydrogen-bond donors (Lipinski definition) is 2. The highest BCUT2D eigenvalue weighted by Crippen LogP contribution is 2.27. The van der Waals surface area contributed by atoms with E-state index in [9.17, 15) is 4.79 Å². The summed E-state index contributed by atoms with van der Waals surface area (Å²) in [7, 11) is 1.68. The average molecular weight is 398 g/mol. The minimum absolute atomic E-state index is 0.124. The second-order valence-corrected chi connectivity index (χ2v) is 7.82. The van der Waals surface area contributed by atoms with E-state index < -0.39 is 0 Å². The largest absolute Gasteiger partial charge is 0.493 e. The molecule has 1 aliphatic rings. The number of likely N-dealkylation sites (tertiary alicyclic amines) is 1. The van der Waals surface area contributed by atoms with E-state index in [1.807, 2.05) is 13.0 Å². The lowest BCUT2D eigenvalue weighted by Crippen LogP contribution is -3.11. The number of aryl methyl sites for hydroxylation is 1. The molecule has 0 bridgehead atoms. The van der Waals surface area contributed by atoms with E-state index in [4.69, 9.17) is 9.47 Å². The molecular formula is C24H33N2O3+. The first kappa shape index (κ1) is 21.2. The van der Waals surface area contributed by atoms with Gasteiger partial charge in [-0.1, -0.05) is 29.8 Å². The van der Waals surface area contributed by atoms with Gasteiger partial charge in [0.15, 0.2) is 11.5 Å². The Morgan fingerprint density at radius 1 is 1.07 bits per heavy atom. The van der Waals surface area contributed by atoms with Crippen LogP contribution >= 0.6 is 0 Å². The first-order valence-electron chi connectivity index (χ1n) is 10.6. The molecule has 0 aliphatic carbocycles. The lowest BCUT2D eigenvalue weighted by atomic mass is 9.95. The highest BCUT2D eigenvalue weighted by Gasteiger charge is 2.27. The molecule has 2 N–H and O–H groups in total. The Labute approximate surface area is 174 Å². The fourth-order valence-electron chi connectivity index (χ4n) is 3.89. The number of hydrogen-bond acceptors (Lipinski definition) is 3. The van der Waals surface area contributed by atoms with Gasteiger partial charge in [-0.25, -0.2) is 0 Å². The van der Waals surface area contributed by atoms with Crippen molar-refractivity contribution in [3.8, 4) is 11.5 Å². The second kappa shape index (κ2) is 10.3. The minimum Gasteiger partial charge on any atom is -0.493 e. The molecule has 0 unspecified atom stereocenters. The molecule has 1 amide bonds. The molecule has 1 fully saturated rings. The molecule has 0 atom stereocenters. The molecule has 0 saturated carbocycles. The molecule has 0 aromatic heterocycles. The third-order valence-electron chi connectivity index (χ3n) is 5.63. The van der Waals surface area contributed by atoms with Crippen LogP contribution in [0.5, 0.6) is 11.5 Å². The summed E-state index contributed by atoms with van der Waals surface area (Å²) < 4.78 is 11.1. The molecule has 1 saturated heterocycles. The van der Waals surface area contributed by atoms with Crippen LogP contribution in [0.2, 0.25) is 0 Å². The van der Waals surface area contributed by atoms with Gasteiger partial charge in [0, 0.05) is 30.9 Å². The molecule has 5 nitrogen and oxygen atoms in total. The third kappa shape index (κ3) is 5.97. The number of nitrogens with one attached hydrogen (secondary N) is 2. The number of rotatable bonds is 8. The molecule has 156 valence electrons. The average Bonchev–Trinajstić information content (AvgIpc) is 2.75. The van der Waals surface area contributed by atoms with E-state index >= 15 is 0 Å². The van der Waals surface area contributed by atoms with E-state index in [1.165, 1.54) is 16.0 Å². The molecule has 0 radical (unpaired) electrons. The summed E-state index contributed by atoms with van der Waals surface area (Å²) in [5, 5.41) is 3.11. The van der Waals surface area contributed by atoms with Gasteiger partial charge in [-0.3, -0.25) is 4.79 Å². The fourth-order valence-corrected chi connectivity index (χ4v) is 3.89. The molecular weight excluding hydrogens is 364 g/mol. The zero-order valence-electron chi connectivity index (χ0n) is 17.8. The zero-order valence-corrected chi connectivity index (χ0v) is 17.8. The van der Waals surface area contributed by atoms with Gasteiger partial charge in [0.25, 0.3) is 0 Å². The highest BCUT2D eigenvalue weighted by molar-refractivity contribution is 5.78. The molecule has 5 heteroatoms. The van der Waals surface area contributed by atoms with Crippen molar-refractivity contribution in [2.24, 2.45) is 5.92 Å². The smallest absolute Gasteiger partial charge is 0.223 e. The van der Waals surface area contributed by atoms with Crippen molar-refractivity contribution in [1.82, 2.24) is 5.32 Å². The van der Waals surface area contributed by atoms with Crippen molar-refractivity contribution in [3.63, 3.8) is 0 Å². The Balaban J connectivity index is 1.46. The minimum atomic E-state index is 0.124. The summed E-state index contributed by atoms with van der Waals surface area (Å²) in [6.45, 7) is 8.25. The van der Waals surface area contributed by atoms with Crippen molar-refractivity contribution in [2.45, 2.75) is 39.8 Å². The summed E-state index contributed by atoms with van der Waals surface area (Å²) in [5.74, 6) is 1.89. The molecule has 3 rings (SSSR count). The lowest BCUT2D eigenvalue weighted by molar-refractivity contribution is -0.919. The van der Waals surface area contributed by atoms with E-state index in [0.29, 0.717) is 13.2 Å². The Morgan fingerprint density at radius 3 is 2.41 bits per heavy atom. The summed E-state index contributed by atoms with van der Waals surface area (Å²) >= 11 is 0. The predicted molar refractivity (Wildman–Crippen MR) is 114 cm³/mol. The van der Waals surface area contributed by atoms with Gasteiger partial charge in [0.1, 0.15) is 6.54 Å². The predicted octanol–water partition coefficient (Wildman–Crippen LogP) is 2.51. The first-order chi connectivity index (χ1) is 14.1. The van der Waals surface area contributed by atoms with Gasteiger partial charge in [-0.15, -0.1) is 0 Å². The fraction of sp³-hybridized carbons (Fsp3) is 0.458. The van der Waals surface area contributed by atoms with Crippen molar-refractivity contribution in [3.05, 3.63) is 59.2 Å². The van der Waals surface area contributed by atoms with Crippen molar-refractivity contribution in [1.29, 1.82) is 0 Å². The Hall–Kier alpha value is -2.53. The molecule has 29 heavy (non-hydrogen) atoms. The van der Waals surface area contributed by atoms with Crippen molar-refractivity contribution < 1.29 is 19.2 Å². The lowest BCUT2D eigenvalue weighted by Gasteiger charge is -2.28. The van der Waals surface area contributed by atoms with Crippen LogP contribution in [-0.2, 0) is 17.9 Å². The quantitative estimate of drug-likeness (QED) is 0.720. The monoisotopic (exact) mass is 397 g/mol. The molecule has 2 aromatic rings. The molecule has 2 aromatic carbocycles. The van der Waals surface area contributed by atoms with Crippen LogP contribution in [0, 0.1) is 12.8 Å². The zero-order chi connectivity index (χ0) is 20.6. The number of methoxy groups -OCH3 is 1. The van der Waals surface area contributed by atoms with Crippen LogP contribution < -0.4 is 19.7 Å². The van der Waals surface area contributed by atoms with E-state index in [2.05, 4.69) is 48.6 Å². The van der Waals surface area contributed by atoms with Crippen molar-refractivity contribution in [2.75, 3.05) is 26.8 Å². The van der Waals surface area contributed by atoms with Crippen LogP contribution in [0.1, 0.15) is 36.5 Å². The maximum absolute atomic E-state index is 12.5. The van der Waals surface area contributed by atoms with Crippen molar-refractivity contribution >= 4 is 5.91 Å². The van der Waals surface area contributed by atoms with Gasteiger partial charge in [0.05, 0.1) is 26.8 Å². The van der Waals surface area contributed by atoms with Gasteiger partial charge >= 0.3 is 0 Å². The van der Waals surface area contributed by atoms with Crippen LogP contribution in [0.15, 0.2) is 42.5 Å². The topological polar surface area (TPSA) is 52.0 Å². The first-order valence-corrected chi connectivity index (χ1v) is 10.6. The van der Waals surface area contributed by atoms with Crippen LogP contribution in [0.3, 0.4) is 0 Å². The number of benzene rings is 2. The second-order valence-electron chi connectivity index (χ2n) is 7.82. The van der Waals surface area contributed by atoms with E-state index in [-0.39, 0.29) is 11.8 Å². The number of carbonyl (C=O) groups excluding carboxylic acids is 1. The number of quaternary nitrogens is 1. The Morgan fingerprint density at radius 2 is 1.76 bits per heavy atom.